The van der Waals surface area contributed by atoms with E-state index in [0.717, 1.165) is 0 Å². The number of nitrogens with one attached hydrogen (secondary N) is 4. The smallest absolute Gasteiger partial charge is 0.322 e. The summed E-state index contributed by atoms with van der Waals surface area (Å²) in [4.78, 5) is 45.3. The van der Waals surface area contributed by atoms with Gasteiger partial charge >= 0.3 is 12.1 Å². The van der Waals surface area contributed by atoms with Crippen LogP contribution in [0.4, 0.5) is 9.59 Å². The molecule has 0 aromatic heterocycles. The second-order valence-electron chi connectivity index (χ2n) is 5.01. The minimum atomic E-state index is -0.948. The molecule has 110 valence electrons. The Bertz CT molecular complexity index is 456. The Hall–Kier alpha value is -1.42. The molecule has 20 heavy (non-hydrogen) atoms. The Balaban J connectivity index is 1.80. The first-order valence-electron chi connectivity index (χ1n) is 5.77. The summed E-state index contributed by atoms with van der Waals surface area (Å²) in [5.41, 5.74) is -1.90. The standard InChI is InChI=1S/C10H14N4O4S2/c1-9(5(15)11-7(17)13-9)3-19-20-4-10(2)6(16)12-8(18)14-10/h3-4H2,1-2H3,(H2,11,13,15,17)(H2,12,14,16,18)/t9-,10-/m1/s1. The lowest BCUT2D eigenvalue weighted by molar-refractivity contribution is -0.123. The second-order valence-corrected chi connectivity index (χ2v) is 7.47. The molecule has 2 rings (SSSR count). The Morgan fingerprint density at radius 2 is 1.15 bits per heavy atom. The lowest BCUT2D eigenvalue weighted by atomic mass is 10.1. The highest BCUT2D eigenvalue weighted by molar-refractivity contribution is 8.76. The largest absolute Gasteiger partial charge is 0.323 e. The van der Waals surface area contributed by atoms with Gasteiger partial charge in [0.25, 0.3) is 11.8 Å². The zero-order chi connectivity index (χ0) is 15.0. The number of carbonyl (C=O) groups is 4. The molecule has 0 aliphatic carbocycles. The van der Waals surface area contributed by atoms with Crippen LogP contribution in [-0.4, -0.2) is 46.5 Å². The Labute approximate surface area is 123 Å². The van der Waals surface area contributed by atoms with Crippen molar-refractivity contribution >= 4 is 45.5 Å². The molecule has 6 amide bonds. The summed E-state index contributed by atoms with van der Waals surface area (Å²) in [7, 11) is 2.71. The molecule has 2 atom stereocenters. The fraction of sp³-hybridized carbons (Fsp3) is 0.600. The van der Waals surface area contributed by atoms with Crippen LogP contribution in [0.25, 0.3) is 0 Å². The average molecular weight is 318 g/mol. The molecule has 0 radical (unpaired) electrons. The van der Waals surface area contributed by atoms with E-state index in [1.807, 2.05) is 0 Å². The molecule has 4 N–H and O–H groups in total. The van der Waals surface area contributed by atoms with Crippen LogP contribution in [0.5, 0.6) is 0 Å². The molecule has 2 heterocycles. The third-order valence-electron chi connectivity index (χ3n) is 3.01. The molecule has 0 aromatic rings. The predicted octanol–water partition coefficient (Wildman–Crippen LogP) is -0.436. The topological polar surface area (TPSA) is 116 Å². The van der Waals surface area contributed by atoms with Gasteiger partial charge in [-0.2, -0.15) is 0 Å². The van der Waals surface area contributed by atoms with Crippen molar-refractivity contribution in [2.75, 3.05) is 11.5 Å². The second kappa shape index (κ2) is 5.17. The van der Waals surface area contributed by atoms with Crippen molar-refractivity contribution in [2.45, 2.75) is 24.9 Å². The van der Waals surface area contributed by atoms with E-state index in [9.17, 15) is 19.2 Å². The average Bonchev–Trinajstić information content (AvgIpc) is 2.72. The van der Waals surface area contributed by atoms with Crippen LogP contribution in [0.15, 0.2) is 0 Å². The number of carbonyl (C=O) groups excluding carboxylic acids is 4. The highest BCUT2D eigenvalue weighted by Crippen LogP contribution is 2.30. The number of hydrogen-bond donors (Lipinski definition) is 4. The van der Waals surface area contributed by atoms with Crippen molar-refractivity contribution in [3.8, 4) is 0 Å². The summed E-state index contributed by atoms with van der Waals surface area (Å²) in [5, 5.41) is 9.46. The monoisotopic (exact) mass is 318 g/mol. The van der Waals surface area contributed by atoms with E-state index in [0.29, 0.717) is 11.5 Å². The van der Waals surface area contributed by atoms with Crippen molar-refractivity contribution < 1.29 is 19.2 Å². The van der Waals surface area contributed by atoms with E-state index in [1.165, 1.54) is 21.6 Å². The zero-order valence-corrected chi connectivity index (χ0v) is 12.5. The van der Waals surface area contributed by atoms with E-state index < -0.39 is 23.1 Å². The van der Waals surface area contributed by atoms with Gasteiger partial charge in [-0.3, -0.25) is 20.2 Å². The maximum Gasteiger partial charge on any atom is 0.322 e. The molecular weight excluding hydrogens is 304 g/mol. The third kappa shape index (κ3) is 2.85. The molecule has 2 saturated heterocycles. The van der Waals surface area contributed by atoms with Crippen molar-refractivity contribution in [1.29, 1.82) is 0 Å². The normalized spacial score (nSPS) is 32.7. The van der Waals surface area contributed by atoms with Crippen LogP contribution >= 0.6 is 21.6 Å². The molecule has 2 aliphatic rings. The number of hydrogen-bond acceptors (Lipinski definition) is 6. The first-order valence-corrected chi connectivity index (χ1v) is 8.26. The summed E-state index contributed by atoms with van der Waals surface area (Å²) in [5.74, 6) is -0.00987. The first-order chi connectivity index (χ1) is 9.25. The van der Waals surface area contributed by atoms with Crippen LogP contribution in [0.1, 0.15) is 13.8 Å². The highest BCUT2D eigenvalue weighted by atomic mass is 33.1. The Kier molecular flexibility index (Phi) is 3.87. The van der Waals surface area contributed by atoms with Gasteiger partial charge in [0.2, 0.25) is 0 Å². The van der Waals surface area contributed by atoms with E-state index in [2.05, 4.69) is 21.3 Å². The van der Waals surface area contributed by atoms with Gasteiger partial charge in [-0.1, -0.05) is 21.6 Å². The molecule has 0 bridgehead atoms. The fourth-order valence-corrected chi connectivity index (χ4v) is 4.64. The van der Waals surface area contributed by atoms with E-state index in [4.69, 9.17) is 0 Å². The van der Waals surface area contributed by atoms with Gasteiger partial charge in [0.05, 0.1) is 0 Å². The SMILES string of the molecule is C[C@]1(CSSC[C@@]2(C)NC(=O)NC2=O)NC(=O)NC1=O. The molecule has 2 fully saturated rings. The molecule has 8 nitrogen and oxygen atoms in total. The van der Waals surface area contributed by atoms with Crippen molar-refractivity contribution in [3.63, 3.8) is 0 Å². The van der Waals surface area contributed by atoms with Gasteiger partial charge in [-0.15, -0.1) is 0 Å². The van der Waals surface area contributed by atoms with E-state index >= 15 is 0 Å². The van der Waals surface area contributed by atoms with Crippen LogP contribution in [-0.2, 0) is 9.59 Å². The summed E-state index contributed by atoms with van der Waals surface area (Å²) in [6, 6.07) is -1.00. The van der Waals surface area contributed by atoms with Crippen molar-refractivity contribution in [1.82, 2.24) is 21.3 Å². The van der Waals surface area contributed by atoms with Gasteiger partial charge in [-0.25, -0.2) is 9.59 Å². The van der Waals surface area contributed by atoms with Crippen molar-refractivity contribution in [3.05, 3.63) is 0 Å². The van der Waals surface area contributed by atoms with Gasteiger partial charge in [0, 0.05) is 11.5 Å². The minimum absolute atomic E-state index is 0.362. The summed E-state index contributed by atoms with van der Waals surface area (Å²) in [6.45, 7) is 3.26. The third-order valence-corrected chi connectivity index (χ3v) is 5.78. The Morgan fingerprint density at radius 3 is 1.40 bits per heavy atom. The zero-order valence-electron chi connectivity index (χ0n) is 10.9. The van der Waals surface area contributed by atoms with Crippen LogP contribution in [0.3, 0.4) is 0 Å². The molecule has 0 aromatic carbocycles. The minimum Gasteiger partial charge on any atom is -0.323 e. The Morgan fingerprint density at radius 1 is 0.800 bits per heavy atom. The number of amides is 6. The lowest BCUT2D eigenvalue weighted by Crippen LogP contribution is -2.47. The lowest BCUT2D eigenvalue weighted by Gasteiger charge is -2.22. The maximum atomic E-state index is 11.6. The first kappa shape index (κ1) is 15.0. The predicted molar refractivity (Wildman–Crippen MR) is 75.1 cm³/mol. The summed E-state index contributed by atoms with van der Waals surface area (Å²) in [6.07, 6.45) is 0. The number of urea groups is 2. The quantitative estimate of drug-likeness (QED) is 0.310. The maximum absolute atomic E-state index is 11.6. The molecule has 0 spiro atoms. The van der Waals surface area contributed by atoms with Gasteiger partial charge in [0.15, 0.2) is 0 Å². The molecule has 10 heteroatoms. The van der Waals surface area contributed by atoms with E-state index in [-0.39, 0.29) is 11.8 Å². The summed E-state index contributed by atoms with van der Waals surface area (Å²) >= 11 is 0. The van der Waals surface area contributed by atoms with Crippen LogP contribution in [0, 0.1) is 0 Å². The van der Waals surface area contributed by atoms with Gasteiger partial charge in [-0.05, 0) is 13.8 Å². The van der Waals surface area contributed by atoms with Gasteiger partial charge in [0.1, 0.15) is 11.1 Å². The fourth-order valence-electron chi connectivity index (χ4n) is 1.68. The van der Waals surface area contributed by atoms with Crippen LogP contribution in [0.2, 0.25) is 0 Å². The molecule has 2 aliphatic heterocycles. The van der Waals surface area contributed by atoms with Crippen LogP contribution < -0.4 is 21.3 Å². The van der Waals surface area contributed by atoms with Crippen molar-refractivity contribution in [2.24, 2.45) is 0 Å². The molecule has 0 unspecified atom stereocenters. The molecule has 0 saturated carbocycles. The summed E-state index contributed by atoms with van der Waals surface area (Å²) < 4.78 is 0. The number of imide groups is 2. The van der Waals surface area contributed by atoms with E-state index in [1.54, 1.807) is 13.8 Å². The molecular formula is C10H14N4O4S2. The number of rotatable bonds is 5. The highest BCUT2D eigenvalue weighted by Gasteiger charge is 2.44. The van der Waals surface area contributed by atoms with Gasteiger partial charge < -0.3 is 10.6 Å².